The maximum Gasteiger partial charge on any atom is 0.235 e. The summed E-state index contributed by atoms with van der Waals surface area (Å²) in [6.45, 7) is 4.54. The first-order chi connectivity index (χ1) is 13.0. The van der Waals surface area contributed by atoms with Gasteiger partial charge in [0.1, 0.15) is 0 Å². The Morgan fingerprint density at radius 2 is 1.89 bits per heavy atom. The van der Waals surface area contributed by atoms with Gasteiger partial charge < -0.3 is 4.90 Å². The van der Waals surface area contributed by atoms with E-state index in [0.717, 1.165) is 21.2 Å². The molecule has 0 fully saturated rings. The van der Waals surface area contributed by atoms with Gasteiger partial charge in [-0.1, -0.05) is 71.6 Å². The van der Waals surface area contributed by atoms with Gasteiger partial charge in [-0.15, -0.1) is 5.10 Å². The van der Waals surface area contributed by atoms with E-state index in [-0.39, 0.29) is 11.2 Å². The number of hydrogen-bond acceptors (Lipinski definition) is 5. The minimum absolute atomic E-state index is 0.0763. The molecule has 0 bridgehead atoms. The van der Waals surface area contributed by atoms with Crippen molar-refractivity contribution in [3.63, 3.8) is 0 Å². The maximum absolute atomic E-state index is 12.7. The Kier molecular flexibility index (Phi) is 6.46. The lowest BCUT2D eigenvalue weighted by Crippen LogP contribution is -2.32. The molecule has 7 heteroatoms. The number of carbonyl (C=O) groups is 1. The predicted molar refractivity (Wildman–Crippen MR) is 115 cm³/mol. The third kappa shape index (κ3) is 4.86. The first-order valence-corrected chi connectivity index (χ1v) is 10.7. The van der Waals surface area contributed by atoms with Crippen molar-refractivity contribution in [2.75, 3.05) is 7.05 Å². The molecule has 27 heavy (non-hydrogen) atoms. The summed E-state index contributed by atoms with van der Waals surface area (Å²) in [6, 6.07) is 18.0. The van der Waals surface area contributed by atoms with Crippen molar-refractivity contribution in [1.29, 1.82) is 0 Å². The van der Waals surface area contributed by atoms with Crippen LogP contribution in [0.3, 0.4) is 0 Å². The molecule has 0 unspecified atom stereocenters. The van der Waals surface area contributed by atoms with Crippen molar-refractivity contribution in [2.45, 2.75) is 30.0 Å². The fourth-order valence-electron chi connectivity index (χ4n) is 2.71. The maximum atomic E-state index is 12.7. The van der Waals surface area contributed by atoms with Crippen LogP contribution in [0.2, 0.25) is 0 Å². The van der Waals surface area contributed by atoms with E-state index >= 15 is 0 Å². The highest BCUT2D eigenvalue weighted by Crippen LogP contribution is 2.29. The van der Waals surface area contributed by atoms with Crippen molar-refractivity contribution >= 4 is 41.2 Å². The molecule has 4 nitrogen and oxygen atoms in total. The second-order valence-electron chi connectivity index (χ2n) is 6.27. The quantitative estimate of drug-likeness (QED) is 0.414. The fourth-order valence-corrected chi connectivity index (χ4v) is 5.31. The van der Waals surface area contributed by atoms with Gasteiger partial charge in [-0.2, -0.15) is 0 Å². The van der Waals surface area contributed by atoms with E-state index in [1.807, 2.05) is 75.5 Å². The van der Waals surface area contributed by atoms with Gasteiger partial charge in [0.25, 0.3) is 0 Å². The average Bonchev–Trinajstić information content (AvgIpc) is 3.02. The van der Waals surface area contributed by atoms with Crippen molar-refractivity contribution in [2.24, 2.45) is 0 Å². The Balaban J connectivity index is 1.70. The molecule has 0 spiro atoms. The van der Waals surface area contributed by atoms with Crippen LogP contribution >= 0.6 is 35.3 Å². The Morgan fingerprint density at radius 3 is 2.59 bits per heavy atom. The lowest BCUT2D eigenvalue weighted by Gasteiger charge is -2.20. The van der Waals surface area contributed by atoms with E-state index in [1.54, 1.807) is 9.58 Å². The van der Waals surface area contributed by atoms with Gasteiger partial charge in [-0.3, -0.25) is 4.79 Å². The number of aryl methyl sites for hydroxylation is 1. The number of amides is 1. The van der Waals surface area contributed by atoms with E-state index in [9.17, 15) is 4.79 Å². The molecular formula is C20H21N3OS3. The highest BCUT2D eigenvalue weighted by molar-refractivity contribution is 8.02. The second-order valence-corrected chi connectivity index (χ2v) is 9.48. The zero-order chi connectivity index (χ0) is 19.4. The Bertz CT molecular complexity index is 981. The number of nitrogens with zero attached hydrogens (tertiary/aromatic N) is 3. The number of carbonyl (C=O) groups excluding carboxylic acids is 1. The Labute approximate surface area is 172 Å². The van der Waals surface area contributed by atoms with Crippen molar-refractivity contribution in [3.05, 3.63) is 69.7 Å². The molecule has 0 saturated heterocycles. The summed E-state index contributed by atoms with van der Waals surface area (Å²) in [5.74, 6) is 0.0763. The number of rotatable bonds is 6. The molecule has 0 aliphatic heterocycles. The zero-order valence-corrected chi connectivity index (χ0v) is 17.9. The number of aromatic nitrogens is 2. The van der Waals surface area contributed by atoms with Crippen LogP contribution in [0.1, 0.15) is 18.1 Å². The van der Waals surface area contributed by atoms with Crippen molar-refractivity contribution in [3.8, 4) is 5.69 Å². The van der Waals surface area contributed by atoms with Gasteiger partial charge in [0.15, 0.2) is 8.29 Å². The zero-order valence-electron chi connectivity index (χ0n) is 15.5. The highest BCUT2D eigenvalue weighted by Gasteiger charge is 2.21. The highest BCUT2D eigenvalue weighted by atomic mass is 32.2. The van der Waals surface area contributed by atoms with E-state index < -0.39 is 0 Å². The number of benzene rings is 2. The van der Waals surface area contributed by atoms with Crippen LogP contribution in [0.4, 0.5) is 0 Å². The van der Waals surface area contributed by atoms with Crippen LogP contribution in [0.25, 0.3) is 5.69 Å². The van der Waals surface area contributed by atoms with Gasteiger partial charge in [0.05, 0.1) is 10.9 Å². The van der Waals surface area contributed by atoms with Crippen molar-refractivity contribution in [1.82, 2.24) is 14.7 Å². The molecule has 1 heterocycles. The fraction of sp³-hybridized carbons (Fsp3) is 0.250. The predicted octanol–water partition coefficient (Wildman–Crippen LogP) is 5.11. The molecule has 140 valence electrons. The molecule has 0 aliphatic rings. The van der Waals surface area contributed by atoms with Gasteiger partial charge >= 0.3 is 0 Å². The smallest absolute Gasteiger partial charge is 0.235 e. The summed E-state index contributed by atoms with van der Waals surface area (Å²) in [4.78, 5) is 14.5. The van der Waals surface area contributed by atoms with E-state index in [1.165, 1.54) is 23.1 Å². The van der Waals surface area contributed by atoms with Gasteiger partial charge in [-0.25, -0.2) is 4.68 Å². The largest absolute Gasteiger partial charge is 0.340 e. The molecule has 1 aromatic heterocycles. The third-order valence-electron chi connectivity index (χ3n) is 4.14. The minimum Gasteiger partial charge on any atom is -0.340 e. The minimum atomic E-state index is -0.232. The SMILES string of the molecule is Cc1ccccc1-n1nc(S[C@H](C)C(=O)N(C)Cc2ccccc2)sc1=S. The van der Waals surface area contributed by atoms with Crippen LogP contribution in [-0.2, 0) is 11.3 Å². The van der Waals surface area contributed by atoms with E-state index in [0.29, 0.717) is 10.5 Å². The molecule has 0 saturated carbocycles. The molecule has 3 rings (SSSR count). The second kappa shape index (κ2) is 8.82. The van der Waals surface area contributed by atoms with Gasteiger partial charge in [0, 0.05) is 13.6 Å². The van der Waals surface area contributed by atoms with Crippen LogP contribution in [0.15, 0.2) is 58.9 Å². The monoisotopic (exact) mass is 415 g/mol. The number of thioether (sulfide) groups is 1. The lowest BCUT2D eigenvalue weighted by molar-refractivity contribution is -0.129. The Hall–Kier alpha value is -1.96. The molecular weight excluding hydrogens is 394 g/mol. The average molecular weight is 416 g/mol. The third-order valence-corrected chi connectivity index (χ3v) is 6.54. The van der Waals surface area contributed by atoms with Crippen LogP contribution in [0, 0.1) is 10.9 Å². The summed E-state index contributed by atoms with van der Waals surface area (Å²) in [5, 5.41) is 4.40. The topological polar surface area (TPSA) is 38.1 Å². The van der Waals surface area contributed by atoms with E-state index in [2.05, 4.69) is 5.10 Å². The first-order valence-electron chi connectivity index (χ1n) is 8.57. The van der Waals surface area contributed by atoms with Gasteiger partial charge in [0.2, 0.25) is 5.91 Å². The summed E-state index contributed by atoms with van der Waals surface area (Å²) in [5.41, 5.74) is 3.21. The summed E-state index contributed by atoms with van der Waals surface area (Å²) in [6.07, 6.45) is 0. The summed E-state index contributed by atoms with van der Waals surface area (Å²) < 4.78 is 3.27. The van der Waals surface area contributed by atoms with E-state index in [4.69, 9.17) is 12.2 Å². The standard InChI is InChI=1S/C20H21N3OS3/c1-14-9-7-8-12-17(14)23-20(25)27-19(21-23)26-15(2)18(24)22(3)13-16-10-5-4-6-11-16/h4-12,15H,13H2,1-3H3/t15-/m1/s1. The van der Waals surface area contributed by atoms with Crippen LogP contribution in [0.5, 0.6) is 0 Å². The normalized spacial score (nSPS) is 12.0. The molecule has 0 N–H and O–H groups in total. The molecule has 2 aromatic carbocycles. The summed E-state index contributed by atoms with van der Waals surface area (Å²) in [7, 11) is 1.83. The van der Waals surface area contributed by atoms with Gasteiger partial charge in [-0.05, 0) is 43.3 Å². The molecule has 0 radical (unpaired) electrons. The number of para-hydroxylation sites is 1. The molecule has 1 amide bonds. The Morgan fingerprint density at radius 1 is 1.22 bits per heavy atom. The first kappa shape index (κ1) is 19.8. The number of hydrogen-bond donors (Lipinski definition) is 0. The van der Waals surface area contributed by atoms with Crippen LogP contribution < -0.4 is 0 Å². The summed E-state index contributed by atoms with van der Waals surface area (Å²) >= 11 is 8.37. The molecule has 0 aliphatic carbocycles. The lowest BCUT2D eigenvalue weighted by atomic mass is 10.2. The van der Waals surface area contributed by atoms with Crippen molar-refractivity contribution < 1.29 is 4.79 Å². The molecule has 3 aromatic rings. The molecule has 1 atom stereocenters. The van der Waals surface area contributed by atoms with Crippen LogP contribution in [-0.4, -0.2) is 32.9 Å².